The summed E-state index contributed by atoms with van der Waals surface area (Å²) in [6, 6.07) is 4.48. The van der Waals surface area contributed by atoms with Crippen molar-refractivity contribution in [3.05, 3.63) is 24.0 Å². The molecule has 1 atom stereocenters. The number of nitrogens with zero attached hydrogens (tertiary/aromatic N) is 2. The number of nitrogens with one attached hydrogen (secondary N) is 1. The molecule has 1 heterocycles. The van der Waals surface area contributed by atoms with Crippen LogP contribution in [0.25, 0.3) is 0 Å². The Morgan fingerprint density at radius 3 is 2.71 bits per heavy atom. The van der Waals surface area contributed by atoms with Crippen LogP contribution < -0.4 is 10.2 Å². The van der Waals surface area contributed by atoms with Crippen LogP contribution in [0.2, 0.25) is 0 Å². The van der Waals surface area contributed by atoms with Crippen molar-refractivity contribution in [2.45, 2.75) is 26.3 Å². The van der Waals surface area contributed by atoms with Crippen molar-refractivity contribution >= 4 is 5.69 Å². The Hall–Kier alpha value is -1.53. The summed E-state index contributed by atoms with van der Waals surface area (Å²) in [7, 11) is 1.97. The second-order valence-electron chi connectivity index (χ2n) is 4.02. The van der Waals surface area contributed by atoms with Gasteiger partial charge in [0.15, 0.2) is 0 Å². The van der Waals surface area contributed by atoms with E-state index in [-0.39, 0.29) is 0 Å². The molecular weight excluding hydrogens is 210 g/mol. The first-order valence-corrected chi connectivity index (χ1v) is 6.06. The van der Waals surface area contributed by atoms with Crippen molar-refractivity contribution in [2.75, 3.05) is 25.0 Å². The van der Waals surface area contributed by atoms with E-state index in [1.54, 1.807) is 0 Å². The number of pyridine rings is 1. The summed E-state index contributed by atoms with van der Waals surface area (Å²) in [4.78, 5) is 6.50. The highest BCUT2D eigenvalue weighted by molar-refractivity contribution is 5.45. The average molecular weight is 231 g/mol. The minimum Gasteiger partial charge on any atom is -0.362 e. The Kier molecular flexibility index (Phi) is 5.51. The smallest absolute Gasteiger partial charge is 0.0789 e. The lowest BCUT2D eigenvalue weighted by Gasteiger charge is -2.18. The second kappa shape index (κ2) is 6.93. The van der Waals surface area contributed by atoms with Crippen molar-refractivity contribution in [3.63, 3.8) is 0 Å². The van der Waals surface area contributed by atoms with Gasteiger partial charge >= 0.3 is 0 Å². The zero-order valence-corrected chi connectivity index (χ0v) is 10.9. The van der Waals surface area contributed by atoms with E-state index < -0.39 is 0 Å². The maximum absolute atomic E-state index is 5.28. The van der Waals surface area contributed by atoms with Gasteiger partial charge in [-0.2, -0.15) is 0 Å². The molecule has 92 valence electrons. The van der Waals surface area contributed by atoms with E-state index in [2.05, 4.69) is 42.2 Å². The van der Waals surface area contributed by atoms with Gasteiger partial charge in [-0.15, -0.1) is 6.42 Å². The van der Waals surface area contributed by atoms with Gasteiger partial charge < -0.3 is 10.2 Å². The minimum absolute atomic E-state index is 0.340. The maximum atomic E-state index is 5.28. The fourth-order valence-electron chi connectivity index (χ4n) is 1.76. The average Bonchev–Trinajstić information content (AvgIpc) is 2.36. The summed E-state index contributed by atoms with van der Waals surface area (Å²) in [5, 5.41) is 3.41. The van der Waals surface area contributed by atoms with Crippen LogP contribution in [0.5, 0.6) is 0 Å². The summed E-state index contributed by atoms with van der Waals surface area (Å²) in [6.45, 7) is 5.83. The summed E-state index contributed by atoms with van der Waals surface area (Å²) in [5.74, 6) is 2.62. The van der Waals surface area contributed by atoms with Gasteiger partial charge in [0.1, 0.15) is 0 Å². The second-order valence-corrected chi connectivity index (χ2v) is 4.02. The molecule has 1 aromatic heterocycles. The van der Waals surface area contributed by atoms with Gasteiger partial charge in [0, 0.05) is 13.1 Å². The van der Waals surface area contributed by atoms with Gasteiger partial charge in [0.2, 0.25) is 0 Å². The van der Waals surface area contributed by atoms with Crippen LogP contribution in [0, 0.1) is 12.3 Å². The molecule has 1 rings (SSSR count). The van der Waals surface area contributed by atoms with Crippen LogP contribution in [-0.4, -0.2) is 25.1 Å². The molecule has 1 aromatic rings. The molecule has 0 bridgehead atoms. The van der Waals surface area contributed by atoms with Gasteiger partial charge in [0.05, 0.1) is 24.1 Å². The lowest BCUT2D eigenvalue weighted by molar-refractivity contribution is 0.525. The third-order valence-electron chi connectivity index (χ3n) is 2.76. The first kappa shape index (κ1) is 13.5. The first-order valence-electron chi connectivity index (χ1n) is 6.06. The van der Waals surface area contributed by atoms with E-state index in [4.69, 9.17) is 6.42 Å². The lowest BCUT2D eigenvalue weighted by Crippen LogP contribution is -2.22. The van der Waals surface area contributed by atoms with Crippen LogP contribution in [0.1, 0.15) is 32.0 Å². The predicted octanol–water partition coefficient (Wildman–Crippen LogP) is 2.21. The Morgan fingerprint density at radius 1 is 1.47 bits per heavy atom. The molecule has 0 aliphatic heterocycles. The van der Waals surface area contributed by atoms with Crippen molar-refractivity contribution < 1.29 is 0 Å². The maximum Gasteiger partial charge on any atom is 0.0789 e. The van der Waals surface area contributed by atoms with E-state index in [0.717, 1.165) is 24.3 Å². The van der Waals surface area contributed by atoms with E-state index in [1.807, 2.05) is 18.1 Å². The fraction of sp³-hybridized carbons (Fsp3) is 0.500. The molecule has 0 aromatic carbocycles. The Labute approximate surface area is 104 Å². The molecule has 0 aliphatic carbocycles. The highest BCUT2D eigenvalue weighted by Gasteiger charge is 2.09. The standard InChI is InChI=1S/C14H21N3/c1-5-10-17(4)12-8-9-14(16-11-12)13(6-2)15-7-3/h1,8-9,11,13,15H,6-7,10H2,2-4H3. The van der Waals surface area contributed by atoms with E-state index in [1.165, 1.54) is 0 Å². The van der Waals surface area contributed by atoms with Gasteiger partial charge in [-0.25, -0.2) is 0 Å². The highest BCUT2D eigenvalue weighted by atomic mass is 15.1. The molecule has 3 heteroatoms. The molecule has 0 spiro atoms. The van der Waals surface area contributed by atoms with Crippen LogP contribution in [0.4, 0.5) is 5.69 Å². The molecule has 0 radical (unpaired) electrons. The zero-order chi connectivity index (χ0) is 12.7. The summed E-state index contributed by atoms with van der Waals surface area (Å²) >= 11 is 0. The van der Waals surface area contributed by atoms with Gasteiger partial charge in [0.25, 0.3) is 0 Å². The van der Waals surface area contributed by atoms with Gasteiger partial charge in [-0.05, 0) is 25.1 Å². The number of rotatable bonds is 6. The summed E-state index contributed by atoms with van der Waals surface area (Å²) in [5.41, 5.74) is 2.14. The molecule has 0 amide bonds. The number of terminal acetylenes is 1. The van der Waals surface area contributed by atoms with Crippen LogP contribution >= 0.6 is 0 Å². The van der Waals surface area contributed by atoms with E-state index in [0.29, 0.717) is 12.6 Å². The van der Waals surface area contributed by atoms with E-state index >= 15 is 0 Å². The van der Waals surface area contributed by atoms with Crippen molar-refractivity contribution in [3.8, 4) is 12.3 Å². The third kappa shape index (κ3) is 3.76. The molecule has 1 unspecified atom stereocenters. The number of hydrogen-bond acceptors (Lipinski definition) is 3. The molecular formula is C14H21N3. The lowest BCUT2D eigenvalue weighted by atomic mass is 10.1. The van der Waals surface area contributed by atoms with Gasteiger partial charge in [-0.1, -0.05) is 19.8 Å². The molecule has 0 saturated carbocycles. The summed E-state index contributed by atoms with van der Waals surface area (Å²) < 4.78 is 0. The minimum atomic E-state index is 0.340. The highest BCUT2D eigenvalue weighted by Crippen LogP contribution is 2.17. The normalized spacial score (nSPS) is 11.9. The van der Waals surface area contributed by atoms with Crippen molar-refractivity contribution in [1.29, 1.82) is 0 Å². The predicted molar refractivity (Wildman–Crippen MR) is 73.0 cm³/mol. The Balaban J connectivity index is 2.76. The molecule has 0 saturated heterocycles. The third-order valence-corrected chi connectivity index (χ3v) is 2.76. The number of aromatic nitrogens is 1. The Morgan fingerprint density at radius 2 is 2.24 bits per heavy atom. The van der Waals surface area contributed by atoms with Crippen LogP contribution in [0.3, 0.4) is 0 Å². The largest absolute Gasteiger partial charge is 0.362 e. The molecule has 0 fully saturated rings. The molecule has 0 aliphatic rings. The van der Waals surface area contributed by atoms with Crippen LogP contribution in [0.15, 0.2) is 18.3 Å². The van der Waals surface area contributed by atoms with Gasteiger partial charge in [-0.3, -0.25) is 4.98 Å². The number of anilines is 1. The Bertz CT molecular complexity index is 364. The van der Waals surface area contributed by atoms with Crippen molar-refractivity contribution in [1.82, 2.24) is 10.3 Å². The molecule has 3 nitrogen and oxygen atoms in total. The van der Waals surface area contributed by atoms with Crippen molar-refractivity contribution in [2.24, 2.45) is 0 Å². The molecule has 1 N–H and O–H groups in total. The topological polar surface area (TPSA) is 28.2 Å². The zero-order valence-electron chi connectivity index (χ0n) is 10.9. The van der Waals surface area contributed by atoms with Crippen LogP contribution in [-0.2, 0) is 0 Å². The molecule has 17 heavy (non-hydrogen) atoms. The first-order chi connectivity index (χ1) is 8.22. The summed E-state index contributed by atoms with van der Waals surface area (Å²) in [6.07, 6.45) is 8.21. The number of hydrogen-bond donors (Lipinski definition) is 1. The van der Waals surface area contributed by atoms with E-state index in [9.17, 15) is 0 Å². The monoisotopic (exact) mass is 231 g/mol. The SMILES string of the molecule is C#CCN(C)c1ccc(C(CC)NCC)nc1. The fourth-order valence-corrected chi connectivity index (χ4v) is 1.76. The quantitative estimate of drug-likeness (QED) is 0.761.